The van der Waals surface area contributed by atoms with Gasteiger partial charge < -0.3 is 14.9 Å². The third-order valence-electron chi connectivity index (χ3n) is 2.83. The Balaban J connectivity index is 2.83. The van der Waals surface area contributed by atoms with E-state index in [0.29, 0.717) is 23.9 Å². The molecule has 0 fully saturated rings. The lowest BCUT2D eigenvalue weighted by atomic mass is 9.99. The Bertz CT molecular complexity index is 486. The number of hydrogen-bond acceptors (Lipinski definition) is 4. The summed E-state index contributed by atoms with van der Waals surface area (Å²) in [6, 6.07) is 4.93. The van der Waals surface area contributed by atoms with Crippen molar-refractivity contribution in [1.29, 1.82) is 0 Å². The Morgan fingerprint density at radius 2 is 2.05 bits per heavy atom. The molecule has 6 heteroatoms. The molecule has 0 aliphatic heterocycles. The highest BCUT2D eigenvalue weighted by Gasteiger charge is 2.17. The van der Waals surface area contributed by atoms with Gasteiger partial charge in [-0.15, -0.1) is 0 Å². The monoisotopic (exact) mass is 344 g/mol. The van der Waals surface area contributed by atoms with Crippen LogP contribution < -0.4 is 0 Å². The highest BCUT2D eigenvalue weighted by molar-refractivity contribution is 9.08. The van der Waals surface area contributed by atoms with Gasteiger partial charge in [0.1, 0.15) is 0 Å². The van der Waals surface area contributed by atoms with Gasteiger partial charge in [0.25, 0.3) is 0 Å². The molecule has 2 N–H and O–H groups in total. The molecule has 1 unspecified atom stereocenters. The van der Waals surface area contributed by atoms with Crippen LogP contribution in [0.4, 0.5) is 0 Å². The quantitative estimate of drug-likeness (QED) is 0.585. The third kappa shape index (κ3) is 4.61. The minimum absolute atomic E-state index is 0.261. The molecule has 0 bridgehead atoms. The van der Waals surface area contributed by atoms with Crippen LogP contribution in [0.2, 0.25) is 0 Å². The molecule has 1 aromatic carbocycles. The summed E-state index contributed by atoms with van der Waals surface area (Å²) in [5, 5.41) is 18.8. The molecule has 110 valence electrons. The van der Waals surface area contributed by atoms with Crippen molar-refractivity contribution in [3.8, 4) is 0 Å². The largest absolute Gasteiger partial charge is 0.479 e. The van der Waals surface area contributed by atoms with Crippen molar-refractivity contribution >= 4 is 27.9 Å². The number of carbonyl (C=O) groups excluding carboxylic acids is 1. The van der Waals surface area contributed by atoms with Gasteiger partial charge in [-0.2, -0.15) is 0 Å². The molecule has 0 radical (unpaired) electrons. The zero-order valence-electron chi connectivity index (χ0n) is 11.1. The lowest BCUT2D eigenvalue weighted by Crippen LogP contribution is -2.11. The molecule has 0 spiro atoms. The zero-order valence-corrected chi connectivity index (χ0v) is 12.7. The summed E-state index contributed by atoms with van der Waals surface area (Å²) in [6.07, 6.45) is -0.746. The summed E-state index contributed by atoms with van der Waals surface area (Å²) in [5.74, 6) is -1.55. The van der Waals surface area contributed by atoms with Crippen molar-refractivity contribution in [2.24, 2.45) is 0 Å². The molecule has 0 aliphatic carbocycles. The first-order valence-corrected chi connectivity index (χ1v) is 7.35. The van der Waals surface area contributed by atoms with Crippen molar-refractivity contribution in [2.45, 2.75) is 31.2 Å². The van der Waals surface area contributed by atoms with E-state index in [9.17, 15) is 14.7 Å². The van der Waals surface area contributed by atoms with E-state index < -0.39 is 12.1 Å². The lowest BCUT2D eigenvalue weighted by Gasteiger charge is -2.12. The average molecular weight is 345 g/mol. The molecule has 0 saturated carbocycles. The van der Waals surface area contributed by atoms with Crippen LogP contribution in [0.15, 0.2) is 18.2 Å². The predicted octanol–water partition coefficient (Wildman–Crippen LogP) is 2.20. The van der Waals surface area contributed by atoms with Crippen molar-refractivity contribution in [2.75, 3.05) is 6.61 Å². The van der Waals surface area contributed by atoms with Gasteiger partial charge >= 0.3 is 11.9 Å². The number of benzene rings is 1. The molecule has 0 aromatic heterocycles. The van der Waals surface area contributed by atoms with Crippen LogP contribution >= 0.6 is 15.9 Å². The Hall–Kier alpha value is -1.40. The van der Waals surface area contributed by atoms with Crippen molar-refractivity contribution in [3.05, 3.63) is 34.9 Å². The number of alkyl halides is 1. The molecule has 0 heterocycles. The van der Waals surface area contributed by atoms with Crippen LogP contribution in [-0.2, 0) is 26.1 Å². The minimum atomic E-state index is -1.54. The number of aliphatic hydroxyl groups is 1. The number of rotatable bonds is 7. The van der Waals surface area contributed by atoms with Crippen LogP contribution in [0.1, 0.15) is 36.1 Å². The van der Waals surface area contributed by atoms with E-state index in [-0.39, 0.29) is 12.4 Å². The highest BCUT2D eigenvalue weighted by atomic mass is 79.9. The van der Waals surface area contributed by atoms with Crippen molar-refractivity contribution in [3.63, 3.8) is 0 Å². The first kappa shape index (κ1) is 16.7. The van der Waals surface area contributed by atoms with Crippen LogP contribution in [0.3, 0.4) is 0 Å². The molecular weight excluding hydrogens is 328 g/mol. The van der Waals surface area contributed by atoms with E-state index in [1.165, 1.54) is 0 Å². The van der Waals surface area contributed by atoms with Crippen LogP contribution in [0, 0.1) is 0 Å². The number of carboxylic acid groups (broad SMARTS) is 1. The van der Waals surface area contributed by atoms with Gasteiger partial charge in [0, 0.05) is 11.8 Å². The van der Waals surface area contributed by atoms with Gasteiger partial charge in [0.2, 0.25) is 0 Å². The van der Waals surface area contributed by atoms with Gasteiger partial charge in [0.05, 0.1) is 6.61 Å². The molecule has 0 amide bonds. The lowest BCUT2D eigenvalue weighted by molar-refractivity contribution is -0.147. The summed E-state index contributed by atoms with van der Waals surface area (Å²) in [5.41, 5.74) is 2.11. The van der Waals surface area contributed by atoms with Gasteiger partial charge in [0.15, 0.2) is 6.10 Å². The Kier molecular flexibility index (Phi) is 6.67. The summed E-state index contributed by atoms with van der Waals surface area (Å²) in [6.45, 7) is 2.11. The Morgan fingerprint density at radius 3 is 2.60 bits per heavy atom. The molecular formula is C14H17BrO5. The number of aliphatic hydroxyl groups excluding tert-OH is 1. The maximum absolute atomic E-state index is 11.3. The zero-order chi connectivity index (χ0) is 15.1. The first-order valence-electron chi connectivity index (χ1n) is 6.23. The minimum Gasteiger partial charge on any atom is -0.479 e. The van der Waals surface area contributed by atoms with Crippen LogP contribution in [-0.4, -0.2) is 28.8 Å². The second-order valence-corrected chi connectivity index (χ2v) is 4.77. The summed E-state index contributed by atoms with van der Waals surface area (Å²) in [7, 11) is 0. The van der Waals surface area contributed by atoms with Gasteiger partial charge in [-0.3, -0.25) is 4.79 Å². The Labute approximate surface area is 125 Å². The molecule has 20 heavy (non-hydrogen) atoms. The van der Waals surface area contributed by atoms with E-state index in [4.69, 9.17) is 9.84 Å². The number of aryl methyl sites for hydroxylation is 1. The fourth-order valence-electron chi connectivity index (χ4n) is 1.80. The topological polar surface area (TPSA) is 83.8 Å². The second kappa shape index (κ2) is 8.01. The van der Waals surface area contributed by atoms with Gasteiger partial charge in [-0.05, 0) is 30.0 Å². The summed E-state index contributed by atoms with van der Waals surface area (Å²) < 4.78 is 4.86. The van der Waals surface area contributed by atoms with E-state index in [1.54, 1.807) is 25.1 Å². The van der Waals surface area contributed by atoms with E-state index in [2.05, 4.69) is 15.9 Å². The summed E-state index contributed by atoms with van der Waals surface area (Å²) >= 11 is 3.32. The van der Waals surface area contributed by atoms with Gasteiger partial charge in [-0.25, -0.2) is 4.79 Å². The molecule has 1 atom stereocenters. The normalized spacial score (nSPS) is 11.9. The smallest absolute Gasteiger partial charge is 0.337 e. The third-order valence-corrected chi connectivity index (χ3v) is 3.43. The fourth-order valence-corrected chi connectivity index (χ4v) is 2.32. The maximum Gasteiger partial charge on any atom is 0.337 e. The number of esters is 1. The standard InChI is InChI=1S/C14H17BrO5/c1-2-20-12(16)6-5-9-3-4-10(7-11(9)8-15)13(17)14(18)19/h3-4,7,13,17H,2,5-6,8H2,1H3,(H,18,19). The number of aliphatic carboxylic acids is 1. The maximum atomic E-state index is 11.3. The average Bonchev–Trinajstić information content (AvgIpc) is 2.44. The number of carbonyl (C=O) groups is 2. The number of ether oxygens (including phenoxy) is 1. The fraction of sp³-hybridized carbons (Fsp3) is 0.429. The van der Waals surface area contributed by atoms with E-state index in [0.717, 1.165) is 11.1 Å². The molecule has 0 saturated heterocycles. The van der Waals surface area contributed by atoms with Crippen LogP contribution in [0.25, 0.3) is 0 Å². The number of halogens is 1. The van der Waals surface area contributed by atoms with Crippen molar-refractivity contribution < 1.29 is 24.5 Å². The molecule has 1 aromatic rings. The SMILES string of the molecule is CCOC(=O)CCc1ccc(C(O)C(=O)O)cc1CBr. The van der Waals surface area contributed by atoms with E-state index in [1.807, 2.05) is 0 Å². The predicted molar refractivity (Wildman–Crippen MR) is 76.6 cm³/mol. The number of hydrogen-bond donors (Lipinski definition) is 2. The molecule has 1 rings (SSSR count). The van der Waals surface area contributed by atoms with Crippen LogP contribution in [0.5, 0.6) is 0 Å². The second-order valence-electron chi connectivity index (χ2n) is 4.21. The van der Waals surface area contributed by atoms with Gasteiger partial charge in [-0.1, -0.05) is 34.1 Å². The highest BCUT2D eigenvalue weighted by Crippen LogP contribution is 2.21. The van der Waals surface area contributed by atoms with E-state index >= 15 is 0 Å². The summed E-state index contributed by atoms with van der Waals surface area (Å²) in [4.78, 5) is 22.1. The number of carboxylic acids is 1. The van der Waals surface area contributed by atoms with Crippen molar-refractivity contribution in [1.82, 2.24) is 0 Å². The first-order chi connectivity index (χ1) is 9.49. The molecule has 5 nitrogen and oxygen atoms in total. The molecule has 0 aliphatic rings. The Morgan fingerprint density at radius 1 is 1.35 bits per heavy atom.